The lowest BCUT2D eigenvalue weighted by Gasteiger charge is -2.29. The lowest BCUT2D eigenvalue weighted by atomic mass is 10.0. The zero-order chi connectivity index (χ0) is 24.5. The maximum absolute atomic E-state index is 13.1. The third kappa shape index (κ3) is 4.41. The van der Waals surface area contributed by atoms with Crippen molar-refractivity contribution in [3.63, 3.8) is 0 Å². The van der Waals surface area contributed by atoms with E-state index in [1.165, 1.54) is 0 Å². The molecule has 0 spiro atoms. The molecular formula is C31H24ClNO3. The van der Waals surface area contributed by atoms with Crippen LogP contribution in [0.3, 0.4) is 0 Å². The minimum Gasteiger partial charge on any atom is -0.478 e. The third-order valence-corrected chi connectivity index (χ3v) is 7.02. The van der Waals surface area contributed by atoms with E-state index in [1.807, 2.05) is 66.7 Å². The van der Waals surface area contributed by atoms with Gasteiger partial charge < -0.3 is 9.47 Å². The normalized spacial score (nSPS) is 15.8. The van der Waals surface area contributed by atoms with Crippen molar-refractivity contribution in [2.45, 2.75) is 13.0 Å². The van der Waals surface area contributed by atoms with Gasteiger partial charge in [0.1, 0.15) is 18.2 Å². The second-order valence-corrected chi connectivity index (χ2v) is 9.42. The monoisotopic (exact) mass is 493 g/mol. The summed E-state index contributed by atoms with van der Waals surface area (Å²) in [6, 6.07) is 29.9. The summed E-state index contributed by atoms with van der Waals surface area (Å²) in [5.41, 5.74) is 5.80. The van der Waals surface area contributed by atoms with Crippen LogP contribution < -0.4 is 9.47 Å². The zero-order valence-electron chi connectivity index (χ0n) is 19.6. The van der Waals surface area contributed by atoms with Gasteiger partial charge in [0.25, 0.3) is 0 Å². The Hall–Kier alpha value is -3.86. The summed E-state index contributed by atoms with van der Waals surface area (Å²) in [7, 11) is 0. The predicted octanol–water partition coefficient (Wildman–Crippen LogP) is 7.02. The Bertz CT molecular complexity index is 1460. The lowest BCUT2D eigenvalue weighted by molar-refractivity contribution is 0.0950. The highest BCUT2D eigenvalue weighted by Gasteiger charge is 2.33. The molecule has 0 radical (unpaired) electrons. The standard InChI is InChI=1S/C31H24ClNO3/c32-27-9-5-4-8-24(27)16-17-33-19-26-28(35-20-33)15-14-25-30(34)29(36-31(25)26)18-21-10-12-23(13-11-21)22-6-2-1-3-7-22/h1-15,18H,16-17,19-20H2/b29-18-. The predicted molar refractivity (Wildman–Crippen MR) is 142 cm³/mol. The van der Waals surface area contributed by atoms with Crippen LogP contribution in [0, 0.1) is 0 Å². The summed E-state index contributed by atoms with van der Waals surface area (Å²) >= 11 is 6.32. The van der Waals surface area contributed by atoms with Crippen LogP contribution in [0.25, 0.3) is 17.2 Å². The SMILES string of the molecule is O=C1/C(=C/c2ccc(-c3ccccc3)cc2)Oc2c1ccc1c2CN(CCc2ccccc2Cl)CO1. The number of carbonyl (C=O) groups is 1. The number of benzene rings is 4. The average molecular weight is 494 g/mol. The summed E-state index contributed by atoms with van der Waals surface area (Å²) in [6.45, 7) is 1.92. The average Bonchev–Trinajstić information content (AvgIpc) is 3.24. The first kappa shape index (κ1) is 22.6. The maximum Gasteiger partial charge on any atom is 0.231 e. The molecule has 0 saturated carbocycles. The number of carbonyl (C=O) groups excluding carboxylic acids is 1. The number of nitrogens with zero attached hydrogens (tertiary/aromatic N) is 1. The van der Waals surface area contributed by atoms with Crippen LogP contribution in [-0.2, 0) is 13.0 Å². The van der Waals surface area contributed by atoms with Crippen molar-refractivity contribution < 1.29 is 14.3 Å². The quantitative estimate of drug-likeness (QED) is 0.280. The summed E-state index contributed by atoms with van der Waals surface area (Å²) in [5, 5.41) is 0.775. The van der Waals surface area contributed by atoms with E-state index in [1.54, 1.807) is 6.07 Å². The number of ether oxygens (including phenoxy) is 2. The third-order valence-electron chi connectivity index (χ3n) is 6.65. The van der Waals surface area contributed by atoms with Crippen molar-refractivity contribution in [3.8, 4) is 22.6 Å². The van der Waals surface area contributed by atoms with Crippen LogP contribution in [-0.4, -0.2) is 24.0 Å². The number of fused-ring (bicyclic) bond motifs is 3. The Morgan fingerprint density at radius 1 is 0.861 bits per heavy atom. The first-order valence-electron chi connectivity index (χ1n) is 12.0. The molecule has 0 saturated heterocycles. The number of Topliss-reactive ketones (excluding diaryl/α,β-unsaturated/α-hetero) is 1. The molecule has 4 aromatic carbocycles. The Morgan fingerprint density at radius 2 is 1.61 bits per heavy atom. The molecule has 4 nitrogen and oxygen atoms in total. The van der Waals surface area contributed by atoms with Gasteiger partial charge in [-0.2, -0.15) is 0 Å². The molecule has 0 unspecified atom stereocenters. The minimum atomic E-state index is -0.104. The van der Waals surface area contributed by atoms with Gasteiger partial charge in [0.2, 0.25) is 5.78 Å². The summed E-state index contributed by atoms with van der Waals surface area (Å²) in [5.74, 6) is 1.60. The topological polar surface area (TPSA) is 38.8 Å². The fraction of sp³-hybridized carbons (Fsp3) is 0.129. The van der Waals surface area contributed by atoms with Crippen LogP contribution in [0.4, 0.5) is 0 Å². The Kier molecular flexibility index (Phi) is 6.06. The molecular weight excluding hydrogens is 470 g/mol. The van der Waals surface area contributed by atoms with Crippen molar-refractivity contribution in [1.82, 2.24) is 4.90 Å². The molecule has 0 bridgehead atoms. The lowest BCUT2D eigenvalue weighted by Crippen LogP contribution is -2.33. The molecule has 5 heteroatoms. The smallest absolute Gasteiger partial charge is 0.231 e. The van der Waals surface area contributed by atoms with E-state index in [2.05, 4.69) is 29.2 Å². The van der Waals surface area contributed by atoms with Crippen molar-refractivity contribution in [1.29, 1.82) is 0 Å². The van der Waals surface area contributed by atoms with E-state index < -0.39 is 0 Å². The van der Waals surface area contributed by atoms with E-state index in [4.69, 9.17) is 21.1 Å². The molecule has 0 N–H and O–H groups in total. The largest absolute Gasteiger partial charge is 0.478 e. The van der Waals surface area contributed by atoms with Gasteiger partial charge in [0, 0.05) is 18.1 Å². The highest BCUT2D eigenvalue weighted by atomic mass is 35.5. The van der Waals surface area contributed by atoms with Crippen LogP contribution >= 0.6 is 11.6 Å². The molecule has 178 valence electrons. The van der Waals surface area contributed by atoms with Gasteiger partial charge in [-0.15, -0.1) is 0 Å². The first-order valence-corrected chi connectivity index (χ1v) is 12.4. The molecule has 0 aromatic heterocycles. The van der Waals surface area contributed by atoms with E-state index in [0.717, 1.165) is 51.6 Å². The van der Waals surface area contributed by atoms with Gasteiger partial charge in [0.15, 0.2) is 5.76 Å². The zero-order valence-corrected chi connectivity index (χ0v) is 20.4. The molecule has 6 rings (SSSR count). The number of halogens is 1. The van der Waals surface area contributed by atoms with Crippen LogP contribution in [0.2, 0.25) is 5.02 Å². The van der Waals surface area contributed by atoms with Crippen LogP contribution in [0.1, 0.15) is 27.0 Å². The molecule has 4 aromatic rings. The Balaban J connectivity index is 1.20. The summed E-state index contributed by atoms with van der Waals surface area (Å²) in [4.78, 5) is 15.3. The molecule has 2 heterocycles. The molecule has 36 heavy (non-hydrogen) atoms. The van der Waals surface area contributed by atoms with Crippen molar-refractivity contribution in [3.05, 3.63) is 124 Å². The van der Waals surface area contributed by atoms with E-state index >= 15 is 0 Å². The van der Waals surface area contributed by atoms with Crippen molar-refractivity contribution >= 4 is 23.5 Å². The van der Waals surface area contributed by atoms with Gasteiger partial charge in [0.05, 0.1) is 11.1 Å². The molecule has 0 amide bonds. The fourth-order valence-electron chi connectivity index (χ4n) is 4.68. The second-order valence-electron chi connectivity index (χ2n) is 9.01. The Labute approximate surface area is 215 Å². The number of ketones is 1. The van der Waals surface area contributed by atoms with Crippen molar-refractivity contribution in [2.24, 2.45) is 0 Å². The number of hydrogen-bond donors (Lipinski definition) is 0. The summed E-state index contributed by atoms with van der Waals surface area (Å²) < 4.78 is 12.2. The fourth-order valence-corrected chi connectivity index (χ4v) is 4.91. The van der Waals surface area contributed by atoms with Crippen LogP contribution in [0.5, 0.6) is 11.5 Å². The molecule has 0 fully saturated rings. The highest BCUT2D eigenvalue weighted by Crippen LogP contribution is 2.42. The molecule has 0 aliphatic carbocycles. The maximum atomic E-state index is 13.1. The first-order chi connectivity index (χ1) is 17.7. The summed E-state index contributed by atoms with van der Waals surface area (Å²) in [6.07, 6.45) is 2.62. The highest BCUT2D eigenvalue weighted by molar-refractivity contribution is 6.31. The van der Waals surface area contributed by atoms with E-state index in [-0.39, 0.29) is 5.78 Å². The molecule has 2 aliphatic rings. The molecule has 0 atom stereocenters. The van der Waals surface area contributed by atoms with Crippen LogP contribution in [0.15, 0.2) is 96.8 Å². The van der Waals surface area contributed by atoms with Gasteiger partial charge in [-0.25, -0.2) is 0 Å². The van der Waals surface area contributed by atoms with Gasteiger partial charge in [-0.05, 0) is 52.9 Å². The Morgan fingerprint density at radius 3 is 2.42 bits per heavy atom. The number of allylic oxidation sites excluding steroid dienone is 1. The number of hydrogen-bond acceptors (Lipinski definition) is 4. The second kappa shape index (κ2) is 9.65. The molecule has 2 aliphatic heterocycles. The van der Waals surface area contributed by atoms with Gasteiger partial charge in [-0.3, -0.25) is 9.69 Å². The van der Waals surface area contributed by atoms with Crippen molar-refractivity contribution in [2.75, 3.05) is 13.3 Å². The van der Waals surface area contributed by atoms with E-state index in [0.29, 0.717) is 30.3 Å². The van der Waals surface area contributed by atoms with Gasteiger partial charge in [-0.1, -0.05) is 84.4 Å². The van der Waals surface area contributed by atoms with E-state index in [9.17, 15) is 4.79 Å². The number of rotatable bonds is 5. The van der Waals surface area contributed by atoms with Gasteiger partial charge >= 0.3 is 0 Å². The minimum absolute atomic E-state index is 0.104.